The number of hydrogen-bond donors (Lipinski definition) is 2. The molecule has 1 aromatic rings. The van der Waals surface area contributed by atoms with Crippen LogP contribution in [0.5, 0.6) is 0 Å². The summed E-state index contributed by atoms with van der Waals surface area (Å²) in [7, 11) is 0. The third-order valence-corrected chi connectivity index (χ3v) is 5.41. The number of rotatable bonds is 5. The highest BCUT2D eigenvalue weighted by Crippen LogP contribution is 2.30. The quantitative estimate of drug-likeness (QED) is 0.443. The van der Waals surface area contributed by atoms with E-state index in [2.05, 4.69) is 10.9 Å². The maximum atomic E-state index is 12.3. The fourth-order valence-corrected chi connectivity index (χ4v) is 3.63. The number of imide groups is 1. The zero-order valence-electron chi connectivity index (χ0n) is 16.1. The predicted octanol–water partition coefficient (Wildman–Crippen LogP) is 1.38. The summed E-state index contributed by atoms with van der Waals surface area (Å²) in [5.74, 6) is -1.41. The van der Waals surface area contributed by atoms with E-state index in [-0.39, 0.29) is 35.3 Å². The van der Waals surface area contributed by atoms with Crippen LogP contribution in [0.1, 0.15) is 53.3 Å². The topological polar surface area (TPSA) is 113 Å². The number of amides is 4. The van der Waals surface area contributed by atoms with Crippen molar-refractivity contribution in [3.8, 4) is 0 Å². The molecule has 2 aliphatic rings. The zero-order valence-corrected chi connectivity index (χ0v) is 16.1. The summed E-state index contributed by atoms with van der Waals surface area (Å²) in [6, 6.07) is 6.18. The molecule has 0 unspecified atom stereocenters. The number of Topliss-reactive ketones (excluding diaryl/α,β-unsaturated/α-hetero) is 1. The molecule has 152 valence electrons. The Hall–Kier alpha value is -3.29. The molecule has 1 aliphatic heterocycles. The standard InChI is InChI=1S/C21H23N3O5/c1-13(25)15-6-8-17(9-7-15)21(29)23-22-20(28)16-4-2-14(3-5-16)12-24-18(26)10-11-19(24)27/h6-11,14,16H,2-5,12H2,1H3,(H,22,28)(H,23,29). The van der Waals surface area contributed by atoms with Crippen molar-refractivity contribution in [3.63, 3.8) is 0 Å². The van der Waals surface area contributed by atoms with Crippen molar-refractivity contribution in [3.05, 3.63) is 47.5 Å². The van der Waals surface area contributed by atoms with E-state index >= 15 is 0 Å². The lowest BCUT2D eigenvalue weighted by Gasteiger charge is -2.29. The summed E-state index contributed by atoms with van der Waals surface area (Å²) in [6.07, 6.45) is 5.27. The minimum Gasteiger partial charge on any atom is -0.295 e. The van der Waals surface area contributed by atoms with E-state index < -0.39 is 5.91 Å². The molecule has 1 fully saturated rings. The van der Waals surface area contributed by atoms with Crippen molar-refractivity contribution in [2.45, 2.75) is 32.6 Å². The Bertz CT molecular complexity index is 849. The normalized spacial score (nSPS) is 21.2. The molecule has 0 radical (unpaired) electrons. The van der Waals surface area contributed by atoms with Crippen LogP contribution in [-0.2, 0) is 14.4 Å². The number of hydrogen-bond acceptors (Lipinski definition) is 5. The molecule has 4 amide bonds. The lowest BCUT2D eigenvalue weighted by molar-refractivity contribution is -0.138. The molecular formula is C21H23N3O5. The Kier molecular flexibility index (Phi) is 6.21. The van der Waals surface area contributed by atoms with Crippen LogP contribution in [0.3, 0.4) is 0 Å². The average Bonchev–Trinajstić information content (AvgIpc) is 3.04. The summed E-state index contributed by atoms with van der Waals surface area (Å²) in [5, 5.41) is 0. The molecule has 1 saturated carbocycles. The van der Waals surface area contributed by atoms with Crippen LogP contribution < -0.4 is 10.9 Å². The fourth-order valence-electron chi connectivity index (χ4n) is 3.63. The van der Waals surface area contributed by atoms with E-state index in [4.69, 9.17) is 0 Å². The molecule has 0 bridgehead atoms. The number of ketones is 1. The van der Waals surface area contributed by atoms with Gasteiger partial charge in [-0.15, -0.1) is 0 Å². The van der Waals surface area contributed by atoms with Crippen LogP contribution in [0.4, 0.5) is 0 Å². The highest BCUT2D eigenvalue weighted by atomic mass is 16.2. The van der Waals surface area contributed by atoms with Crippen molar-refractivity contribution in [2.24, 2.45) is 11.8 Å². The summed E-state index contributed by atoms with van der Waals surface area (Å²) in [5.41, 5.74) is 5.70. The Balaban J connectivity index is 1.42. The molecule has 0 atom stereocenters. The Labute approximate surface area is 168 Å². The van der Waals surface area contributed by atoms with Crippen LogP contribution in [0, 0.1) is 11.8 Å². The van der Waals surface area contributed by atoms with Gasteiger partial charge in [0, 0.05) is 35.7 Å². The third kappa shape index (κ3) is 4.96. The average molecular weight is 397 g/mol. The van der Waals surface area contributed by atoms with Crippen LogP contribution in [-0.4, -0.2) is 40.9 Å². The summed E-state index contributed by atoms with van der Waals surface area (Å²) in [6.45, 7) is 1.83. The van der Waals surface area contributed by atoms with Crippen molar-refractivity contribution >= 4 is 29.4 Å². The zero-order chi connectivity index (χ0) is 21.0. The first-order valence-corrected chi connectivity index (χ1v) is 9.60. The van der Waals surface area contributed by atoms with E-state index in [0.717, 1.165) is 12.8 Å². The first kappa shape index (κ1) is 20.4. The number of benzene rings is 1. The molecule has 8 nitrogen and oxygen atoms in total. The monoisotopic (exact) mass is 397 g/mol. The molecule has 2 N–H and O–H groups in total. The van der Waals surface area contributed by atoms with Crippen LogP contribution in [0.2, 0.25) is 0 Å². The molecule has 3 rings (SSSR count). The highest BCUT2D eigenvalue weighted by molar-refractivity contribution is 6.12. The molecule has 0 saturated heterocycles. The minimum absolute atomic E-state index is 0.0874. The molecule has 0 aromatic heterocycles. The lowest BCUT2D eigenvalue weighted by Crippen LogP contribution is -2.45. The van der Waals surface area contributed by atoms with Crippen molar-refractivity contribution < 1.29 is 24.0 Å². The first-order valence-electron chi connectivity index (χ1n) is 9.60. The fraction of sp³-hybridized carbons (Fsp3) is 0.381. The van der Waals surface area contributed by atoms with Gasteiger partial charge in [-0.3, -0.25) is 39.7 Å². The van der Waals surface area contributed by atoms with Gasteiger partial charge in [0.1, 0.15) is 0 Å². The summed E-state index contributed by atoms with van der Waals surface area (Å²) < 4.78 is 0. The predicted molar refractivity (Wildman–Crippen MR) is 103 cm³/mol. The van der Waals surface area contributed by atoms with Gasteiger partial charge in [0.2, 0.25) is 5.91 Å². The largest absolute Gasteiger partial charge is 0.295 e. The SMILES string of the molecule is CC(=O)c1ccc(C(=O)NNC(=O)C2CCC(CN3C(=O)C=CC3=O)CC2)cc1. The Morgan fingerprint density at radius 2 is 1.45 bits per heavy atom. The number of nitrogens with one attached hydrogen (secondary N) is 2. The maximum Gasteiger partial charge on any atom is 0.269 e. The minimum atomic E-state index is -0.458. The second kappa shape index (κ2) is 8.81. The number of carbonyl (C=O) groups is 5. The lowest BCUT2D eigenvalue weighted by atomic mass is 9.81. The van der Waals surface area contributed by atoms with E-state index in [1.165, 1.54) is 36.1 Å². The molecular weight excluding hydrogens is 374 g/mol. The number of carbonyl (C=O) groups excluding carboxylic acids is 5. The second-order valence-electron chi connectivity index (χ2n) is 7.41. The van der Waals surface area contributed by atoms with E-state index in [0.29, 0.717) is 30.5 Å². The van der Waals surface area contributed by atoms with Gasteiger partial charge in [0.25, 0.3) is 17.7 Å². The van der Waals surface area contributed by atoms with Gasteiger partial charge in [-0.25, -0.2) is 0 Å². The van der Waals surface area contributed by atoms with E-state index in [1.807, 2.05) is 0 Å². The molecule has 29 heavy (non-hydrogen) atoms. The van der Waals surface area contributed by atoms with Crippen LogP contribution >= 0.6 is 0 Å². The van der Waals surface area contributed by atoms with Gasteiger partial charge in [0.05, 0.1) is 0 Å². The van der Waals surface area contributed by atoms with Gasteiger partial charge in [-0.1, -0.05) is 12.1 Å². The Morgan fingerprint density at radius 3 is 2.00 bits per heavy atom. The van der Waals surface area contributed by atoms with E-state index in [1.54, 1.807) is 12.1 Å². The van der Waals surface area contributed by atoms with Crippen LogP contribution in [0.15, 0.2) is 36.4 Å². The van der Waals surface area contributed by atoms with Gasteiger partial charge < -0.3 is 0 Å². The van der Waals surface area contributed by atoms with Crippen LogP contribution in [0.25, 0.3) is 0 Å². The van der Waals surface area contributed by atoms with Crippen molar-refractivity contribution in [2.75, 3.05) is 6.54 Å². The van der Waals surface area contributed by atoms with Crippen molar-refractivity contribution in [1.82, 2.24) is 15.8 Å². The Morgan fingerprint density at radius 1 is 0.897 bits per heavy atom. The molecule has 8 heteroatoms. The number of nitrogens with zero attached hydrogens (tertiary/aromatic N) is 1. The molecule has 1 aromatic carbocycles. The van der Waals surface area contributed by atoms with Gasteiger partial charge in [-0.2, -0.15) is 0 Å². The first-order chi connectivity index (χ1) is 13.8. The second-order valence-corrected chi connectivity index (χ2v) is 7.41. The summed E-state index contributed by atoms with van der Waals surface area (Å²) in [4.78, 5) is 60.3. The van der Waals surface area contributed by atoms with Gasteiger partial charge >= 0.3 is 0 Å². The van der Waals surface area contributed by atoms with Gasteiger partial charge in [-0.05, 0) is 50.7 Å². The molecule has 1 aliphatic carbocycles. The smallest absolute Gasteiger partial charge is 0.269 e. The molecule has 1 heterocycles. The van der Waals surface area contributed by atoms with Gasteiger partial charge in [0.15, 0.2) is 5.78 Å². The van der Waals surface area contributed by atoms with E-state index in [9.17, 15) is 24.0 Å². The number of hydrazine groups is 1. The van der Waals surface area contributed by atoms with Crippen molar-refractivity contribution in [1.29, 1.82) is 0 Å². The summed E-state index contributed by atoms with van der Waals surface area (Å²) >= 11 is 0. The third-order valence-electron chi connectivity index (χ3n) is 5.41. The molecule has 0 spiro atoms. The highest BCUT2D eigenvalue weighted by Gasteiger charge is 2.31. The maximum absolute atomic E-state index is 12.3.